The molecule has 2 aromatic heterocycles. The third kappa shape index (κ3) is 10.3. The van der Waals surface area contributed by atoms with Crippen molar-refractivity contribution in [1.29, 1.82) is 0 Å². The molecule has 6 rings (SSSR count). The normalized spacial score (nSPS) is 13.5. The van der Waals surface area contributed by atoms with Gasteiger partial charge >= 0.3 is 18.0 Å². The highest BCUT2D eigenvalue weighted by Crippen LogP contribution is 2.45. The number of benzene rings is 4. The second-order valence-electron chi connectivity index (χ2n) is 15.9. The minimum Gasteiger partial charge on any atom is -0.294 e. The van der Waals surface area contributed by atoms with E-state index in [1.54, 1.807) is 27.7 Å². The van der Waals surface area contributed by atoms with E-state index in [4.69, 9.17) is 34.8 Å². The van der Waals surface area contributed by atoms with Gasteiger partial charge in [0, 0.05) is 42.9 Å². The molecule has 0 saturated heterocycles. The molecule has 0 aliphatic heterocycles. The summed E-state index contributed by atoms with van der Waals surface area (Å²) in [4.78, 5) is 46.3. The van der Waals surface area contributed by atoms with E-state index in [-0.39, 0.29) is 44.6 Å². The molecule has 2 heterocycles. The molecule has 360 valence electrons. The SMILES string of the molecule is CCc1cc(C(C)(n2cc(Cl)cn2)C(F)(F)F)cc(C)c1CC(=O)c1cccc([N+](=O)[O-])c1Cl.CCc1cc(C(C)(n2cc(Cl)cn2)C(F)(F)F)cc(C)c1CC(=O)c1cccc([N+](=O)[O-])c1F. The molecule has 0 fully saturated rings. The van der Waals surface area contributed by atoms with Gasteiger partial charge in [0.2, 0.25) is 5.82 Å². The summed E-state index contributed by atoms with van der Waals surface area (Å²) >= 11 is 17.7. The van der Waals surface area contributed by atoms with Gasteiger partial charge < -0.3 is 0 Å². The molecule has 0 aliphatic rings. The summed E-state index contributed by atoms with van der Waals surface area (Å²) < 4.78 is 102. The molecule has 0 N–H and O–H groups in total. The summed E-state index contributed by atoms with van der Waals surface area (Å²) in [5.41, 5.74) is -4.05. The molecule has 12 nitrogen and oxygen atoms in total. The summed E-state index contributed by atoms with van der Waals surface area (Å²) in [7, 11) is 0. The zero-order chi connectivity index (χ0) is 50.8. The van der Waals surface area contributed by atoms with Gasteiger partial charge in [-0.25, -0.2) is 0 Å². The lowest BCUT2D eigenvalue weighted by Crippen LogP contribution is -2.46. The van der Waals surface area contributed by atoms with Gasteiger partial charge in [-0.15, -0.1) is 0 Å². The predicted molar refractivity (Wildman–Crippen MR) is 240 cm³/mol. The maximum Gasteiger partial charge on any atom is 0.417 e. The van der Waals surface area contributed by atoms with Crippen LogP contribution in [0.25, 0.3) is 0 Å². The molecule has 2 unspecified atom stereocenters. The molecule has 0 saturated carbocycles. The van der Waals surface area contributed by atoms with E-state index in [9.17, 15) is 60.6 Å². The van der Waals surface area contributed by atoms with Crippen LogP contribution in [-0.4, -0.2) is 53.3 Å². The number of alkyl halides is 6. The number of aryl methyl sites for hydroxylation is 4. The van der Waals surface area contributed by atoms with E-state index >= 15 is 0 Å². The molecule has 2 atom stereocenters. The van der Waals surface area contributed by atoms with E-state index in [0.29, 0.717) is 46.2 Å². The van der Waals surface area contributed by atoms with Crippen molar-refractivity contribution < 1.29 is 50.2 Å². The second-order valence-corrected chi connectivity index (χ2v) is 17.2. The first-order valence-electron chi connectivity index (χ1n) is 20.3. The molecule has 22 heteroatoms. The first kappa shape index (κ1) is 52.8. The number of ketones is 2. The van der Waals surface area contributed by atoms with Crippen LogP contribution in [0.1, 0.15) is 92.9 Å². The number of carbonyl (C=O) groups is 2. The van der Waals surface area contributed by atoms with Gasteiger partial charge in [-0.1, -0.05) is 85.0 Å². The zero-order valence-electron chi connectivity index (χ0n) is 36.8. The van der Waals surface area contributed by atoms with Crippen molar-refractivity contribution in [1.82, 2.24) is 19.6 Å². The Bertz CT molecular complexity index is 2740. The zero-order valence-corrected chi connectivity index (χ0v) is 39.1. The average Bonchev–Trinajstić information content (AvgIpc) is 3.91. The summed E-state index contributed by atoms with van der Waals surface area (Å²) in [6, 6.07) is 12.7. The number of carbonyl (C=O) groups excluding carboxylic acids is 2. The number of hydrogen-bond acceptors (Lipinski definition) is 8. The fourth-order valence-electron chi connectivity index (χ4n) is 7.69. The van der Waals surface area contributed by atoms with E-state index < -0.39 is 67.6 Å². The van der Waals surface area contributed by atoms with Crippen LogP contribution in [0, 0.1) is 39.9 Å². The highest BCUT2D eigenvalue weighted by atomic mass is 35.5. The lowest BCUT2D eigenvalue weighted by molar-refractivity contribution is -0.387. The Balaban J connectivity index is 0.000000254. The van der Waals surface area contributed by atoms with E-state index in [0.717, 1.165) is 60.1 Å². The molecule has 0 bridgehead atoms. The molecule has 4 aromatic carbocycles. The van der Waals surface area contributed by atoms with Crippen LogP contribution in [0.15, 0.2) is 85.5 Å². The first-order valence-corrected chi connectivity index (χ1v) is 21.5. The molecular formula is C46H40Cl3F7N6O6. The molecular weight excluding hydrogens is 972 g/mol. The highest BCUT2D eigenvalue weighted by Gasteiger charge is 2.56. The molecule has 0 aliphatic carbocycles. The number of Topliss-reactive ketones (excluding diaryl/α,β-unsaturated/α-hetero) is 2. The van der Waals surface area contributed by atoms with Crippen molar-refractivity contribution in [3.05, 3.63) is 182 Å². The number of nitro groups is 2. The van der Waals surface area contributed by atoms with Crippen molar-refractivity contribution in [2.45, 2.75) is 90.7 Å². The third-order valence-corrected chi connectivity index (χ3v) is 12.6. The Morgan fingerprint density at radius 1 is 0.647 bits per heavy atom. The monoisotopic (exact) mass is 1010 g/mol. The van der Waals surface area contributed by atoms with Crippen LogP contribution in [0.3, 0.4) is 0 Å². The van der Waals surface area contributed by atoms with Gasteiger partial charge in [-0.05, 0) is 97.2 Å². The average molecular weight is 1010 g/mol. The number of halogens is 10. The number of nitro benzene ring substituents is 2. The molecule has 68 heavy (non-hydrogen) atoms. The lowest BCUT2D eigenvalue weighted by Gasteiger charge is -2.34. The minimum absolute atomic E-state index is 0.0206. The predicted octanol–water partition coefficient (Wildman–Crippen LogP) is 12.9. The number of aromatic nitrogens is 4. The van der Waals surface area contributed by atoms with Crippen LogP contribution in [-0.2, 0) is 36.8 Å². The summed E-state index contributed by atoms with van der Waals surface area (Å²) in [5.74, 6) is -2.44. The fraction of sp³-hybridized carbons (Fsp3) is 0.304. The van der Waals surface area contributed by atoms with Crippen LogP contribution < -0.4 is 0 Å². The standard InChI is InChI=1S/C23H20Cl2F3N3O3.C23H20ClF4N3O3/c2*1-4-14-9-15(22(3,23(26,27)28)30-12-16(24)11-29-30)8-13(2)18(14)10-20(32)17-6-5-7-19(21(17)25)31(33)34/h2*5-9,11-12H,4,10H2,1-3H3. The fourth-order valence-corrected chi connectivity index (χ4v) is 8.26. The summed E-state index contributed by atoms with van der Waals surface area (Å²) in [5, 5.41) is 29.5. The molecule has 0 amide bonds. The number of nitrogens with zero attached hydrogens (tertiary/aromatic N) is 6. The van der Waals surface area contributed by atoms with E-state index in [2.05, 4.69) is 10.2 Å². The number of hydrogen-bond donors (Lipinski definition) is 0. The van der Waals surface area contributed by atoms with Gasteiger partial charge in [0.1, 0.15) is 5.02 Å². The van der Waals surface area contributed by atoms with Gasteiger partial charge in [0.15, 0.2) is 22.6 Å². The first-order chi connectivity index (χ1) is 31.6. The van der Waals surface area contributed by atoms with Gasteiger partial charge in [0.05, 0.1) is 37.8 Å². The Hall–Kier alpha value is -6.18. The van der Waals surface area contributed by atoms with Crippen LogP contribution in [0.2, 0.25) is 15.1 Å². The smallest absolute Gasteiger partial charge is 0.294 e. The van der Waals surface area contributed by atoms with Crippen molar-refractivity contribution in [3.63, 3.8) is 0 Å². The van der Waals surface area contributed by atoms with Gasteiger partial charge in [-0.3, -0.25) is 39.2 Å². The van der Waals surface area contributed by atoms with Crippen LogP contribution in [0.4, 0.5) is 42.1 Å². The summed E-state index contributed by atoms with van der Waals surface area (Å²) in [6.07, 6.45) is -4.85. The summed E-state index contributed by atoms with van der Waals surface area (Å²) in [6.45, 7) is 8.65. The topological polar surface area (TPSA) is 156 Å². The Labute approximate surface area is 398 Å². The van der Waals surface area contributed by atoms with Crippen LogP contribution in [0.5, 0.6) is 0 Å². The molecule has 6 aromatic rings. The third-order valence-electron chi connectivity index (χ3n) is 11.8. The quantitative estimate of drug-likeness (QED) is 0.0452. The Morgan fingerprint density at radius 2 is 1.03 bits per heavy atom. The van der Waals surface area contributed by atoms with Crippen molar-refractivity contribution >= 4 is 57.7 Å². The van der Waals surface area contributed by atoms with E-state index in [1.165, 1.54) is 48.5 Å². The van der Waals surface area contributed by atoms with Crippen LogP contribution >= 0.6 is 34.8 Å². The van der Waals surface area contributed by atoms with Gasteiger partial charge in [0.25, 0.3) is 5.69 Å². The maximum atomic E-state index is 14.5. The van der Waals surface area contributed by atoms with E-state index in [1.807, 2.05) is 0 Å². The second kappa shape index (κ2) is 20.2. The van der Waals surface area contributed by atoms with Crippen molar-refractivity contribution in [2.24, 2.45) is 0 Å². The Kier molecular flexibility index (Phi) is 15.7. The van der Waals surface area contributed by atoms with Crippen molar-refractivity contribution in [3.8, 4) is 0 Å². The highest BCUT2D eigenvalue weighted by molar-refractivity contribution is 6.36. The minimum atomic E-state index is -4.73. The van der Waals surface area contributed by atoms with Crippen molar-refractivity contribution in [2.75, 3.05) is 0 Å². The number of rotatable bonds is 14. The largest absolute Gasteiger partial charge is 0.417 e. The molecule has 0 spiro atoms. The molecule has 0 radical (unpaired) electrons. The lowest BCUT2D eigenvalue weighted by atomic mass is 9.84. The maximum absolute atomic E-state index is 14.5. The Morgan fingerprint density at radius 3 is 1.38 bits per heavy atom. The van der Waals surface area contributed by atoms with Gasteiger partial charge in [-0.2, -0.15) is 40.9 Å².